The standard InChI is InChI=1S/C7H12O.ClH/c8-7-3-5-1-6(2-5)4-7;/h5-8H,1-4H2;1H. The van der Waals surface area contributed by atoms with Crippen molar-refractivity contribution in [3.05, 3.63) is 0 Å². The summed E-state index contributed by atoms with van der Waals surface area (Å²) in [6.45, 7) is 0. The van der Waals surface area contributed by atoms with Crippen LogP contribution in [0, 0.1) is 11.8 Å². The van der Waals surface area contributed by atoms with Gasteiger partial charge in [-0.1, -0.05) is 0 Å². The van der Waals surface area contributed by atoms with E-state index < -0.39 is 0 Å². The minimum Gasteiger partial charge on any atom is -0.393 e. The molecule has 0 heterocycles. The lowest BCUT2D eigenvalue weighted by Gasteiger charge is -2.43. The molecule has 3 saturated carbocycles. The van der Waals surface area contributed by atoms with Gasteiger partial charge in [0.1, 0.15) is 0 Å². The molecule has 0 aromatic heterocycles. The van der Waals surface area contributed by atoms with Crippen molar-refractivity contribution in [2.24, 2.45) is 11.8 Å². The second kappa shape index (κ2) is 2.47. The molecular weight excluding hydrogens is 136 g/mol. The number of hydrogen-bond acceptors (Lipinski definition) is 1. The van der Waals surface area contributed by atoms with Crippen LogP contribution in [0.4, 0.5) is 0 Å². The molecule has 3 rings (SSSR count). The van der Waals surface area contributed by atoms with E-state index in [9.17, 15) is 0 Å². The van der Waals surface area contributed by atoms with Crippen LogP contribution in [0.25, 0.3) is 0 Å². The Morgan fingerprint density at radius 1 is 0.889 bits per heavy atom. The van der Waals surface area contributed by atoms with E-state index in [0.717, 1.165) is 24.7 Å². The van der Waals surface area contributed by atoms with Crippen LogP contribution in [0.3, 0.4) is 0 Å². The second-order valence-electron chi connectivity index (χ2n) is 3.33. The summed E-state index contributed by atoms with van der Waals surface area (Å²) in [4.78, 5) is 0. The van der Waals surface area contributed by atoms with Gasteiger partial charge in [0.05, 0.1) is 6.10 Å². The fraction of sp³-hybridized carbons (Fsp3) is 1.00. The van der Waals surface area contributed by atoms with E-state index in [1.807, 2.05) is 0 Å². The Morgan fingerprint density at radius 3 is 1.56 bits per heavy atom. The number of fused-ring (bicyclic) bond motifs is 2. The van der Waals surface area contributed by atoms with Crippen molar-refractivity contribution in [2.75, 3.05) is 0 Å². The molecule has 0 radical (unpaired) electrons. The Bertz CT molecular complexity index is 89.1. The van der Waals surface area contributed by atoms with Gasteiger partial charge in [-0.3, -0.25) is 0 Å². The molecule has 0 atom stereocenters. The summed E-state index contributed by atoms with van der Waals surface area (Å²) in [5.74, 6) is 1.81. The zero-order valence-corrected chi connectivity index (χ0v) is 6.23. The monoisotopic (exact) mass is 148 g/mol. The smallest absolute Gasteiger partial charge is 0.0545 e. The molecule has 0 unspecified atom stereocenters. The summed E-state index contributed by atoms with van der Waals surface area (Å²) < 4.78 is 0. The molecule has 0 aromatic carbocycles. The van der Waals surface area contributed by atoms with Crippen LogP contribution in [-0.4, -0.2) is 11.2 Å². The molecule has 9 heavy (non-hydrogen) atoms. The Labute approximate surface area is 61.9 Å². The first kappa shape index (κ1) is 7.36. The van der Waals surface area contributed by atoms with Gasteiger partial charge in [0, 0.05) is 0 Å². The van der Waals surface area contributed by atoms with Crippen LogP contribution in [0.1, 0.15) is 25.7 Å². The van der Waals surface area contributed by atoms with E-state index in [-0.39, 0.29) is 18.5 Å². The van der Waals surface area contributed by atoms with Gasteiger partial charge in [-0.05, 0) is 37.5 Å². The molecule has 0 amide bonds. The van der Waals surface area contributed by atoms with Gasteiger partial charge in [-0.25, -0.2) is 0 Å². The van der Waals surface area contributed by atoms with E-state index >= 15 is 0 Å². The molecule has 2 bridgehead atoms. The molecule has 3 aliphatic carbocycles. The van der Waals surface area contributed by atoms with Gasteiger partial charge >= 0.3 is 0 Å². The minimum atomic E-state index is 0. The number of aliphatic hydroxyl groups is 1. The predicted molar refractivity (Wildman–Crippen MR) is 38.7 cm³/mol. The molecular formula is C7H13ClO. The van der Waals surface area contributed by atoms with Crippen LogP contribution >= 0.6 is 12.4 Å². The van der Waals surface area contributed by atoms with Gasteiger partial charge < -0.3 is 5.11 Å². The van der Waals surface area contributed by atoms with Gasteiger partial charge in [0.15, 0.2) is 0 Å². The van der Waals surface area contributed by atoms with Crippen LogP contribution in [0.15, 0.2) is 0 Å². The topological polar surface area (TPSA) is 20.2 Å². The first-order valence-electron chi connectivity index (χ1n) is 3.52. The summed E-state index contributed by atoms with van der Waals surface area (Å²) in [7, 11) is 0. The lowest BCUT2D eigenvalue weighted by molar-refractivity contribution is -0.000948. The zero-order valence-electron chi connectivity index (χ0n) is 5.42. The summed E-state index contributed by atoms with van der Waals surface area (Å²) >= 11 is 0. The minimum absolute atomic E-state index is 0. The SMILES string of the molecule is Cl.OC1CC2CC(C1)C2. The molecule has 3 aliphatic rings. The van der Waals surface area contributed by atoms with Crippen molar-refractivity contribution in [3.63, 3.8) is 0 Å². The number of halogens is 1. The Morgan fingerprint density at radius 2 is 1.33 bits per heavy atom. The fourth-order valence-corrected chi connectivity index (χ4v) is 2.12. The average molecular weight is 149 g/mol. The number of hydrogen-bond donors (Lipinski definition) is 1. The van der Waals surface area contributed by atoms with Crippen molar-refractivity contribution in [1.82, 2.24) is 0 Å². The molecule has 0 aromatic rings. The maximum Gasteiger partial charge on any atom is 0.0545 e. The highest BCUT2D eigenvalue weighted by Crippen LogP contribution is 2.45. The highest BCUT2D eigenvalue weighted by Gasteiger charge is 2.36. The zero-order chi connectivity index (χ0) is 5.56. The molecule has 0 aliphatic heterocycles. The molecule has 1 N–H and O–H groups in total. The lowest BCUT2D eigenvalue weighted by Crippen LogP contribution is -2.36. The van der Waals surface area contributed by atoms with Gasteiger partial charge in [0.2, 0.25) is 0 Å². The van der Waals surface area contributed by atoms with E-state index in [0.29, 0.717) is 0 Å². The van der Waals surface area contributed by atoms with E-state index in [1.54, 1.807) is 0 Å². The normalized spacial score (nSPS) is 47.0. The first-order chi connectivity index (χ1) is 3.84. The molecule has 2 heteroatoms. The first-order valence-corrected chi connectivity index (χ1v) is 3.52. The summed E-state index contributed by atoms with van der Waals surface area (Å²) in [5, 5.41) is 9.11. The largest absolute Gasteiger partial charge is 0.393 e. The van der Waals surface area contributed by atoms with Crippen LogP contribution in [0.2, 0.25) is 0 Å². The van der Waals surface area contributed by atoms with E-state index in [2.05, 4.69) is 0 Å². The third kappa shape index (κ3) is 1.22. The van der Waals surface area contributed by atoms with Gasteiger partial charge in [-0.2, -0.15) is 0 Å². The molecule has 54 valence electrons. The van der Waals surface area contributed by atoms with Crippen molar-refractivity contribution in [3.8, 4) is 0 Å². The summed E-state index contributed by atoms with van der Waals surface area (Å²) in [5.41, 5.74) is 0. The number of aliphatic hydroxyl groups excluding tert-OH is 1. The predicted octanol–water partition coefficient (Wildman–Crippen LogP) is 1.59. The fourth-order valence-electron chi connectivity index (χ4n) is 2.12. The Hall–Kier alpha value is 0.250. The Balaban J connectivity index is 0.000000405. The van der Waals surface area contributed by atoms with Crippen LogP contribution in [-0.2, 0) is 0 Å². The molecule has 1 nitrogen and oxygen atoms in total. The summed E-state index contributed by atoms with van der Waals surface area (Å²) in [6.07, 6.45) is 5.08. The third-order valence-electron chi connectivity index (χ3n) is 2.54. The van der Waals surface area contributed by atoms with Gasteiger partial charge in [-0.15, -0.1) is 12.4 Å². The van der Waals surface area contributed by atoms with Gasteiger partial charge in [0.25, 0.3) is 0 Å². The average Bonchev–Trinajstić information content (AvgIpc) is 1.62. The van der Waals surface area contributed by atoms with E-state index in [4.69, 9.17) is 5.11 Å². The molecule has 0 saturated heterocycles. The van der Waals surface area contributed by atoms with Crippen LogP contribution in [0.5, 0.6) is 0 Å². The maximum absolute atomic E-state index is 9.11. The number of rotatable bonds is 0. The highest BCUT2D eigenvalue weighted by atomic mass is 35.5. The molecule has 3 fully saturated rings. The van der Waals surface area contributed by atoms with Crippen molar-refractivity contribution in [2.45, 2.75) is 31.8 Å². The van der Waals surface area contributed by atoms with Crippen molar-refractivity contribution >= 4 is 12.4 Å². The lowest BCUT2D eigenvalue weighted by atomic mass is 9.64. The Kier molecular flexibility index (Phi) is 2.02. The van der Waals surface area contributed by atoms with Crippen molar-refractivity contribution in [1.29, 1.82) is 0 Å². The van der Waals surface area contributed by atoms with E-state index in [1.165, 1.54) is 12.8 Å². The third-order valence-corrected chi connectivity index (χ3v) is 2.54. The van der Waals surface area contributed by atoms with Crippen LogP contribution < -0.4 is 0 Å². The highest BCUT2D eigenvalue weighted by molar-refractivity contribution is 5.85. The molecule has 0 spiro atoms. The second-order valence-corrected chi connectivity index (χ2v) is 3.33. The van der Waals surface area contributed by atoms with Crippen molar-refractivity contribution < 1.29 is 5.11 Å². The summed E-state index contributed by atoms with van der Waals surface area (Å²) in [6, 6.07) is 0. The quantitative estimate of drug-likeness (QED) is 0.553. The maximum atomic E-state index is 9.11.